The molecule has 1 heterocycles. The summed E-state index contributed by atoms with van der Waals surface area (Å²) in [6.45, 7) is 2.03. The number of carbonyl (C=O) groups excluding carboxylic acids is 1. The number of aromatic nitrogens is 1. The molecule has 0 spiro atoms. The molecule has 2 aromatic rings. The van der Waals surface area contributed by atoms with Crippen molar-refractivity contribution in [2.45, 2.75) is 13.5 Å². The first-order valence-electron chi connectivity index (χ1n) is 5.06. The standard InChI is InChI=1S/C11H10BrNO3S/c1-2-16-10(14)6-13-8-4-3-7(12)5-9(8)17-11(13)15/h3-5H,2,6H2,1H3. The van der Waals surface area contributed by atoms with Gasteiger partial charge in [0.25, 0.3) is 0 Å². The summed E-state index contributed by atoms with van der Waals surface area (Å²) in [5, 5.41) is 0. The minimum Gasteiger partial charge on any atom is -0.465 e. The van der Waals surface area contributed by atoms with Crippen LogP contribution in [0.5, 0.6) is 0 Å². The minimum atomic E-state index is -0.391. The van der Waals surface area contributed by atoms with Crippen LogP contribution in [-0.4, -0.2) is 17.1 Å². The Labute approximate surface area is 110 Å². The summed E-state index contributed by atoms with van der Waals surface area (Å²) in [6.07, 6.45) is 0. The van der Waals surface area contributed by atoms with Gasteiger partial charge >= 0.3 is 10.8 Å². The van der Waals surface area contributed by atoms with Crippen LogP contribution in [0.15, 0.2) is 27.5 Å². The molecular weight excluding hydrogens is 306 g/mol. The van der Waals surface area contributed by atoms with Crippen LogP contribution in [0.25, 0.3) is 10.2 Å². The third kappa shape index (κ3) is 2.58. The quantitative estimate of drug-likeness (QED) is 0.817. The van der Waals surface area contributed by atoms with Crippen LogP contribution in [0.4, 0.5) is 0 Å². The molecule has 0 aliphatic heterocycles. The van der Waals surface area contributed by atoms with Crippen LogP contribution < -0.4 is 4.87 Å². The van der Waals surface area contributed by atoms with E-state index in [2.05, 4.69) is 15.9 Å². The topological polar surface area (TPSA) is 48.3 Å². The van der Waals surface area contributed by atoms with Gasteiger partial charge in [-0.25, -0.2) is 0 Å². The van der Waals surface area contributed by atoms with E-state index in [1.807, 2.05) is 18.2 Å². The maximum absolute atomic E-state index is 11.7. The number of hydrogen-bond donors (Lipinski definition) is 0. The van der Waals surface area contributed by atoms with Crippen molar-refractivity contribution < 1.29 is 9.53 Å². The molecule has 0 aliphatic carbocycles. The molecule has 6 heteroatoms. The van der Waals surface area contributed by atoms with E-state index in [-0.39, 0.29) is 11.4 Å². The summed E-state index contributed by atoms with van der Waals surface area (Å²) in [7, 11) is 0. The number of esters is 1. The second-order valence-corrected chi connectivity index (χ2v) is 5.28. The van der Waals surface area contributed by atoms with Crippen LogP contribution >= 0.6 is 27.3 Å². The highest BCUT2D eigenvalue weighted by atomic mass is 79.9. The summed E-state index contributed by atoms with van der Waals surface area (Å²) in [6, 6.07) is 5.52. The third-order valence-corrected chi connectivity index (χ3v) is 3.66. The smallest absolute Gasteiger partial charge is 0.326 e. The first-order chi connectivity index (χ1) is 8.11. The number of carbonyl (C=O) groups is 1. The predicted octanol–water partition coefficient (Wildman–Crippen LogP) is 2.39. The molecule has 0 N–H and O–H groups in total. The SMILES string of the molecule is CCOC(=O)Cn1c(=O)sc2cc(Br)ccc21. The van der Waals surface area contributed by atoms with Gasteiger partial charge in [0, 0.05) is 4.47 Å². The molecule has 17 heavy (non-hydrogen) atoms. The highest BCUT2D eigenvalue weighted by Gasteiger charge is 2.11. The molecule has 1 aromatic heterocycles. The Balaban J connectivity index is 2.43. The lowest BCUT2D eigenvalue weighted by Gasteiger charge is -2.03. The molecule has 90 valence electrons. The van der Waals surface area contributed by atoms with Gasteiger partial charge in [-0.2, -0.15) is 0 Å². The van der Waals surface area contributed by atoms with Crippen LogP contribution in [0.1, 0.15) is 6.92 Å². The lowest BCUT2D eigenvalue weighted by atomic mass is 10.3. The molecule has 4 nitrogen and oxygen atoms in total. The molecule has 0 atom stereocenters. The summed E-state index contributed by atoms with van der Waals surface area (Å²) in [4.78, 5) is 23.0. The largest absolute Gasteiger partial charge is 0.465 e. The van der Waals surface area contributed by atoms with Crippen molar-refractivity contribution in [3.63, 3.8) is 0 Å². The molecule has 0 saturated heterocycles. The first-order valence-corrected chi connectivity index (χ1v) is 6.67. The molecule has 0 unspecified atom stereocenters. The molecule has 0 fully saturated rings. The van der Waals surface area contributed by atoms with E-state index in [4.69, 9.17) is 4.74 Å². The van der Waals surface area contributed by atoms with E-state index in [9.17, 15) is 9.59 Å². The normalized spacial score (nSPS) is 10.7. The second kappa shape index (κ2) is 5.01. The average molecular weight is 316 g/mol. The third-order valence-electron chi connectivity index (χ3n) is 2.22. The van der Waals surface area contributed by atoms with E-state index in [1.54, 1.807) is 6.92 Å². The number of rotatable bonds is 3. The van der Waals surface area contributed by atoms with E-state index in [1.165, 1.54) is 4.57 Å². The Morgan fingerprint density at radius 2 is 2.29 bits per heavy atom. The zero-order chi connectivity index (χ0) is 12.4. The van der Waals surface area contributed by atoms with Gasteiger partial charge in [-0.15, -0.1) is 0 Å². The van der Waals surface area contributed by atoms with Crippen molar-refractivity contribution in [1.82, 2.24) is 4.57 Å². The first kappa shape index (κ1) is 12.3. The molecule has 0 bridgehead atoms. The zero-order valence-electron chi connectivity index (χ0n) is 9.10. The summed E-state index contributed by atoms with van der Waals surface area (Å²) in [5.41, 5.74) is 0.760. The Morgan fingerprint density at radius 1 is 1.53 bits per heavy atom. The van der Waals surface area contributed by atoms with Gasteiger partial charge in [0.15, 0.2) is 0 Å². The number of thiazole rings is 1. The predicted molar refractivity (Wildman–Crippen MR) is 70.4 cm³/mol. The Bertz CT molecular complexity index is 617. The van der Waals surface area contributed by atoms with E-state index in [0.29, 0.717) is 6.61 Å². The number of benzene rings is 1. The number of hydrogen-bond acceptors (Lipinski definition) is 4. The number of nitrogens with zero attached hydrogens (tertiary/aromatic N) is 1. The summed E-state index contributed by atoms with van der Waals surface area (Å²) in [5.74, 6) is -0.391. The molecule has 0 saturated carbocycles. The van der Waals surface area contributed by atoms with Crippen LogP contribution in [-0.2, 0) is 16.1 Å². The fourth-order valence-electron chi connectivity index (χ4n) is 1.53. The van der Waals surface area contributed by atoms with E-state index in [0.717, 1.165) is 26.0 Å². The average Bonchev–Trinajstić information content (AvgIpc) is 2.55. The highest BCUT2D eigenvalue weighted by molar-refractivity contribution is 9.10. The molecule has 0 amide bonds. The van der Waals surface area contributed by atoms with Crippen molar-refractivity contribution in [2.75, 3.05) is 6.61 Å². The van der Waals surface area contributed by atoms with Gasteiger partial charge in [-0.05, 0) is 25.1 Å². The van der Waals surface area contributed by atoms with Crippen LogP contribution in [0, 0.1) is 0 Å². The zero-order valence-corrected chi connectivity index (χ0v) is 11.5. The highest BCUT2D eigenvalue weighted by Crippen LogP contribution is 2.21. The fraction of sp³-hybridized carbons (Fsp3) is 0.273. The van der Waals surface area contributed by atoms with Crippen LogP contribution in [0.2, 0.25) is 0 Å². The van der Waals surface area contributed by atoms with Crippen molar-refractivity contribution in [1.29, 1.82) is 0 Å². The molecule has 2 rings (SSSR count). The Kier molecular flexibility index (Phi) is 3.63. The van der Waals surface area contributed by atoms with Gasteiger partial charge in [-0.3, -0.25) is 14.2 Å². The van der Waals surface area contributed by atoms with Crippen molar-refractivity contribution in [2.24, 2.45) is 0 Å². The monoisotopic (exact) mass is 315 g/mol. The van der Waals surface area contributed by atoms with Gasteiger partial charge in [-0.1, -0.05) is 27.3 Å². The number of halogens is 1. The number of ether oxygens (including phenoxy) is 1. The fourth-order valence-corrected chi connectivity index (χ4v) is 2.97. The molecule has 0 aliphatic rings. The molecule has 1 aromatic carbocycles. The minimum absolute atomic E-state index is 0.0334. The second-order valence-electron chi connectivity index (χ2n) is 3.37. The van der Waals surface area contributed by atoms with Crippen molar-refractivity contribution in [3.05, 3.63) is 32.3 Å². The maximum atomic E-state index is 11.7. The van der Waals surface area contributed by atoms with Gasteiger partial charge in [0.05, 0.1) is 16.8 Å². The molecule has 0 radical (unpaired) electrons. The van der Waals surface area contributed by atoms with E-state index >= 15 is 0 Å². The van der Waals surface area contributed by atoms with Gasteiger partial charge in [0.2, 0.25) is 0 Å². The summed E-state index contributed by atoms with van der Waals surface area (Å²) < 4.78 is 8.04. The lowest BCUT2D eigenvalue weighted by Crippen LogP contribution is -2.20. The lowest BCUT2D eigenvalue weighted by molar-refractivity contribution is -0.143. The van der Waals surface area contributed by atoms with Crippen molar-refractivity contribution in [3.8, 4) is 0 Å². The van der Waals surface area contributed by atoms with E-state index < -0.39 is 5.97 Å². The molecular formula is C11H10BrNO3S. The summed E-state index contributed by atoms with van der Waals surface area (Å²) >= 11 is 4.47. The maximum Gasteiger partial charge on any atom is 0.326 e. The Morgan fingerprint density at radius 3 is 3.00 bits per heavy atom. The van der Waals surface area contributed by atoms with Gasteiger partial charge in [0.1, 0.15) is 6.54 Å². The number of fused-ring (bicyclic) bond motifs is 1. The van der Waals surface area contributed by atoms with Gasteiger partial charge < -0.3 is 4.74 Å². The van der Waals surface area contributed by atoms with Crippen LogP contribution in [0.3, 0.4) is 0 Å². The Hall–Kier alpha value is -1.14. The van der Waals surface area contributed by atoms with Crippen molar-refractivity contribution >= 4 is 43.5 Å².